The maximum absolute atomic E-state index is 12.7. The lowest BCUT2D eigenvalue weighted by molar-refractivity contribution is -0.167. The molecule has 0 radical (unpaired) electrons. The molecule has 0 spiro atoms. The van der Waals surface area contributed by atoms with Crippen LogP contribution in [0.1, 0.15) is 175 Å². The first-order chi connectivity index (χ1) is 28.0. The summed E-state index contributed by atoms with van der Waals surface area (Å²) in [4.78, 5) is 37.7. The highest BCUT2D eigenvalue weighted by molar-refractivity contribution is 5.71. The van der Waals surface area contributed by atoms with Gasteiger partial charge in [-0.25, -0.2) is 0 Å². The third-order valence-corrected chi connectivity index (χ3v) is 8.90. The van der Waals surface area contributed by atoms with Crippen molar-refractivity contribution in [1.29, 1.82) is 0 Å². The number of allylic oxidation sites excluding steroid dienone is 18. The Morgan fingerprint density at radius 2 is 0.772 bits per heavy atom. The molecule has 1 atom stereocenters. The van der Waals surface area contributed by atoms with Crippen LogP contribution in [-0.2, 0) is 28.6 Å². The minimum Gasteiger partial charge on any atom is -0.462 e. The zero-order valence-corrected chi connectivity index (χ0v) is 36.3. The van der Waals surface area contributed by atoms with Crippen LogP contribution in [0, 0.1) is 0 Å². The summed E-state index contributed by atoms with van der Waals surface area (Å²) >= 11 is 0. The quantitative estimate of drug-likeness (QED) is 0.0204. The van der Waals surface area contributed by atoms with Gasteiger partial charge in [-0.05, 0) is 89.9 Å². The van der Waals surface area contributed by atoms with Gasteiger partial charge < -0.3 is 14.2 Å². The molecule has 0 aromatic carbocycles. The van der Waals surface area contributed by atoms with E-state index in [-0.39, 0.29) is 37.5 Å². The summed E-state index contributed by atoms with van der Waals surface area (Å²) in [6, 6.07) is 0. The van der Waals surface area contributed by atoms with E-state index in [1.165, 1.54) is 38.5 Å². The fraction of sp³-hybridized carbons (Fsp3) is 0.588. The summed E-state index contributed by atoms with van der Waals surface area (Å²) in [5, 5.41) is 0. The number of rotatable bonds is 38. The van der Waals surface area contributed by atoms with Crippen molar-refractivity contribution >= 4 is 17.9 Å². The minimum absolute atomic E-state index is 0.119. The summed E-state index contributed by atoms with van der Waals surface area (Å²) in [7, 11) is 0. The van der Waals surface area contributed by atoms with Crippen LogP contribution in [0.4, 0.5) is 0 Å². The van der Waals surface area contributed by atoms with Crippen LogP contribution in [0.25, 0.3) is 0 Å². The number of carbonyl (C=O) groups excluding carboxylic acids is 3. The highest BCUT2D eigenvalue weighted by atomic mass is 16.6. The number of carbonyl (C=O) groups is 3. The second-order valence-corrected chi connectivity index (χ2v) is 14.3. The Kier molecular flexibility index (Phi) is 41.7. The molecule has 6 heteroatoms. The number of hydrogen-bond acceptors (Lipinski definition) is 6. The summed E-state index contributed by atoms with van der Waals surface area (Å²) in [6.07, 6.45) is 59.4. The van der Waals surface area contributed by atoms with Crippen LogP contribution < -0.4 is 0 Å². The van der Waals surface area contributed by atoms with Crippen LogP contribution in [0.3, 0.4) is 0 Å². The van der Waals surface area contributed by atoms with Crippen molar-refractivity contribution in [3.63, 3.8) is 0 Å². The first-order valence-corrected chi connectivity index (χ1v) is 22.5. The average molecular weight is 789 g/mol. The van der Waals surface area contributed by atoms with Crippen LogP contribution in [0.5, 0.6) is 0 Å². The van der Waals surface area contributed by atoms with Gasteiger partial charge in [-0.15, -0.1) is 0 Å². The van der Waals surface area contributed by atoms with E-state index >= 15 is 0 Å². The topological polar surface area (TPSA) is 78.9 Å². The normalized spacial score (nSPS) is 13.1. The van der Waals surface area contributed by atoms with Crippen molar-refractivity contribution in [1.82, 2.24) is 0 Å². The van der Waals surface area contributed by atoms with E-state index in [9.17, 15) is 14.4 Å². The van der Waals surface area contributed by atoms with E-state index in [1.54, 1.807) is 0 Å². The smallest absolute Gasteiger partial charge is 0.306 e. The summed E-state index contributed by atoms with van der Waals surface area (Å²) in [6.45, 7) is 6.24. The maximum Gasteiger partial charge on any atom is 0.306 e. The van der Waals surface area contributed by atoms with Crippen LogP contribution in [0.15, 0.2) is 109 Å². The monoisotopic (exact) mass is 789 g/mol. The first-order valence-electron chi connectivity index (χ1n) is 22.5. The second-order valence-electron chi connectivity index (χ2n) is 14.3. The molecule has 320 valence electrons. The van der Waals surface area contributed by atoms with Crippen molar-refractivity contribution in [3.05, 3.63) is 109 Å². The molecule has 0 amide bonds. The van der Waals surface area contributed by atoms with Gasteiger partial charge in [0.25, 0.3) is 0 Å². The van der Waals surface area contributed by atoms with Gasteiger partial charge in [0.15, 0.2) is 6.10 Å². The van der Waals surface area contributed by atoms with Gasteiger partial charge in [-0.1, -0.05) is 175 Å². The molecule has 0 heterocycles. The average Bonchev–Trinajstić information content (AvgIpc) is 3.21. The second kappa shape index (κ2) is 44.8. The highest BCUT2D eigenvalue weighted by Gasteiger charge is 2.19. The SMILES string of the molecule is CC\C=C/C=C\C=C/C=C\C=C\C=C/CCCCCC(=O)OCC(COC(=O)CCCC/C=C\C/C=C\CC)OC(=O)CCCCC/C=C\CCCCCCCC. The Balaban J connectivity index is 4.53. The lowest BCUT2D eigenvalue weighted by Gasteiger charge is -2.18. The van der Waals surface area contributed by atoms with Gasteiger partial charge in [-0.2, -0.15) is 0 Å². The molecule has 0 bridgehead atoms. The van der Waals surface area contributed by atoms with Crippen molar-refractivity contribution in [2.45, 2.75) is 181 Å². The fourth-order valence-electron chi connectivity index (χ4n) is 5.56. The van der Waals surface area contributed by atoms with E-state index in [0.717, 1.165) is 96.3 Å². The fourth-order valence-corrected chi connectivity index (χ4v) is 5.56. The molecular formula is C51H80O6. The van der Waals surface area contributed by atoms with Crippen molar-refractivity contribution in [3.8, 4) is 0 Å². The third kappa shape index (κ3) is 43.0. The first kappa shape index (κ1) is 53.1. The van der Waals surface area contributed by atoms with Gasteiger partial charge in [0.2, 0.25) is 0 Å². The summed E-state index contributed by atoms with van der Waals surface area (Å²) < 4.78 is 16.6. The molecule has 0 fully saturated rings. The maximum atomic E-state index is 12.7. The van der Waals surface area contributed by atoms with E-state index in [4.69, 9.17) is 14.2 Å². The number of hydrogen-bond donors (Lipinski definition) is 0. The van der Waals surface area contributed by atoms with Gasteiger partial charge in [-0.3, -0.25) is 14.4 Å². The molecule has 0 saturated carbocycles. The van der Waals surface area contributed by atoms with E-state index in [0.29, 0.717) is 12.8 Å². The van der Waals surface area contributed by atoms with Crippen molar-refractivity contribution in [2.24, 2.45) is 0 Å². The standard InChI is InChI=1S/C51H80O6/c1-4-7-10-13-16-19-21-23-24-25-26-28-29-32-35-38-41-44-50(53)56-47-48(46-55-49(52)43-40-37-34-31-18-15-12-9-6-3)57-51(54)45-42-39-36-33-30-27-22-20-17-14-11-8-5-2/h7,9-10,12-13,16,18-19,21,23-31,48H,4-6,8,11,14-15,17,20,22,32-47H2,1-3H3/b10-7-,12-9-,16-13-,21-19-,24-23-,26-25+,29-28-,30-27-,31-18-. The Morgan fingerprint density at radius 1 is 0.386 bits per heavy atom. The van der Waals surface area contributed by atoms with Gasteiger partial charge >= 0.3 is 17.9 Å². The van der Waals surface area contributed by atoms with E-state index < -0.39 is 6.10 Å². The molecule has 0 aliphatic heterocycles. The van der Waals surface area contributed by atoms with Crippen LogP contribution in [0.2, 0.25) is 0 Å². The Labute approximate surface area is 349 Å². The molecule has 1 unspecified atom stereocenters. The molecular weight excluding hydrogens is 709 g/mol. The van der Waals surface area contributed by atoms with Gasteiger partial charge in [0.05, 0.1) is 0 Å². The molecule has 6 nitrogen and oxygen atoms in total. The van der Waals surface area contributed by atoms with Gasteiger partial charge in [0.1, 0.15) is 13.2 Å². The zero-order chi connectivity index (χ0) is 41.5. The lowest BCUT2D eigenvalue weighted by atomic mass is 10.1. The molecule has 0 saturated heterocycles. The molecule has 0 aromatic rings. The highest BCUT2D eigenvalue weighted by Crippen LogP contribution is 2.11. The summed E-state index contributed by atoms with van der Waals surface area (Å²) in [5.41, 5.74) is 0. The van der Waals surface area contributed by atoms with Crippen molar-refractivity contribution in [2.75, 3.05) is 13.2 Å². The Morgan fingerprint density at radius 3 is 1.32 bits per heavy atom. The molecule has 0 N–H and O–H groups in total. The predicted octanol–water partition coefficient (Wildman–Crippen LogP) is 14.4. The van der Waals surface area contributed by atoms with Crippen molar-refractivity contribution < 1.29 is 28.6 Å². The lowest BCUT2D eigenvalue weighted by Crippen LogP contribution is -2.30. The summed E-state index contributed by atoms with van der Waals surface area (Å²) in [5.74, 6) is -1.03. The molecule has 57 heavy (non-hydrogen) atoms. The number of unbranched alkanes of at least 4 members (excludes halogenated alkanes) is 14. The molecule has 0 aliphatic carbocycles. The third-order valence-electron chi connectivity index (χ3n) is 8.90. The molecule has 0 aromatic heterocycles. The van der Waals surface area contributed by atoms with Crippen LogP contribution in [-0.4, -0.2) is 37.2 Å². The van der Waals surface area contributed by atoms with E-state index in [1.807, 2.05) is 60.8 Å². The zero-order valence-electron chi connectivity index (χ0n) is 36.3. The van der Waals surface area contributed by atoms with Gasteiger partial charge in [0, 0.05) is 19.3 Å². The number of ether oxygens (including phenoxy) is 3. The van der Waals surface area contributed by atoms with E-state index in [2.05, 4.69) is 69.4 Å². The number of esters is 3. The minimum atomic E-state index is -0.816. The Hall–Kier alpha value is -3.93. The largest absolute Gasteiger partial charge is 0.462 e. The predicted molar refractivity (Wildman–Crippen MR) is 242 cm³/mol. The molecule has 0 aliphatic rings. The van der Waals surface area contributed by atoms with Crippen LogP contribution >= 0.6 is 0 Å². The Bertz CT molecular complexity index is 1230. The molecule has 0 rings (SSSR count).